The Morgan fingerprint density at radius 2 is 1.31 bits per heavy atom. The van der Waals surface area contributed by atoms with Gasteiger partial charge in [-0.2, -0.15) is 0 Å². The fourth-order valence-electron chi connectivity index (χ4n) is 4.00. The third-order valence-electron chi connectivity index (χ3n) is 4.24. The second kappa shape index (κ2) is 2.90. The van der Waals surface area contributed by atoms with Gasteiger partial charge in [-0.3, -0.25) is 0 Å². The summed E-state index contributed by atoms with van der Waals surface area (Å²) >= 11 is 11.9. The molecular weight excluding hydrogens is 203 g/mol. The highest BCUT2D eigenvalue weighted by molar-refractivity contribution is 6.56. The summed E-state index contributed by atoms with van der Waals surface area (Å²) in [4.78, 5) is 0. The molecule has 0 heterocycles. The highest BCUT2D eigenvalue weighted by atomic mass is 35.5. The Morgan fingerprint density at radius 3 is 1.69 bits per heavy atom. The van der Waals surface area contributed by atoms with Crippen molar-refractivity contribution in [3.05, 3.63) is 10.1 Å². The summed E-state index contributed by atoms with van der Waals surface area (Å²) in [6.45, 7) is 0. The quantitative estimate of drug-likeness (QED) is 0.572. The minimum atomic E-state index is 0.591. The SMILES string of the molecule is ClC(Cl)=C1C2CC3CC(C2)CC1C3. The van der Waals surface area contributed by atoms with Gasteiger partial charge in [0, 0.05) is 0 Å². The molecule has 0 unspecified atom stereocenters. The third-order valence-corrected chi connectivity index (χ3v) is 4.67. The van der Waals surface area contributed by atoms with Crippen LogP contribution in [0.15, 0.2) is 10.1 Å². The van der Waals surface area contributed by atoms with E-state index < -0.39 is 0 Å². The van der Waals surface area contributed by atoms with Crippen molar-refractivity contribution >= 4 is 23.2 Å². The zero-order chi connectivity index (χ0) is 9.00. The summed E-state index contributed by atoms with van der Waals surface area (Å²) in [7, 11) is 0. The monoisotopic (exact) mass is 216 g/mol. The van der Waals surface area contributed by atoms with Crippen LogP contribution >= 0.6 is 23.2 Å². The van der Waals surface area contributed by atoms with E-state index in [1.165, 1.54) is 37.7 Å². The molecule has 2 heteroatoms. The van der Waals surface area contributed by atoms with Crippen molar-refractivity contribution in [1.82, 2.24) is 0 Å². The van der Waals surface area contributed by atoms with Crippen LogP contribution in [0.2, 0.25) is 0 Å². The van der Waals surface area contributed by atoms with Gasteiger partial charge in [-0.05, 0) is 61.3 Å². The van der Waals surface area contributed by atoms with E-state index in [4.69, 9.17) is 23.2 Å². The Bertz CT molecular complexity index is 233. The van der Waals surface area contributed by atoms with Crippen molar-refractivity contribution in [1.29, 1.82) is 0 Å². The summed E-state index contributed by atoms with van der Waals surface area (Å²) in [6.07, 6.45) is 6.95. The molecule has 4 saturated carbocycles. The van der Waals surface area contributed by atoms with Crippen LogP contribution in [-0.4, -0.2) is 0 Å². The second-order valence-electron chi connectivity index (χ2n) is 5.02. The molecule has 13 heavy (non-hydrogen) atoms. The van der Waals surface area contributed by atoms with Gasteiger partial charge in [0.2, 0.25) is 0 Å². The zero-order valence-corrected chi connectivity index (χ0v) is 9.11. The van der Waals surface area contributed by atoms with Crippen LogP contribution in [0.25, 0.3) is 0 Å². The lowest BCUT2D eigenvalue weighted by molar-refractivity contribution is 0.0696. The molecule has 0 aromatic carbocycles. The van der Waals surface area contributed by atoms with Crippen molar-refractivity contribution in [2.45, 2.75) is 32.1 Å². The van der Waals surface area contributed by atoms with E-state index in [1.807, 2.05) is 0 Å². The first-order chi connectivity index (χ1) is 6.24. The predicted molar refractivity (Wildman–Crippen MR) is 55.8 cm³/mol. The van der Waals surface area contributed by atoms with Crippen molar-refractivity contribution in [2.75, 3.05) is 0 Å². The lowest BCUT2D eigenvalue weighted by Gasteiger charge is -2.51. The third kappa shape index (κ3) is 1.26. The van der Waals surface area contributed by atoms with Gasteiger partial charge in [-0.25, -0.2) is 0 Å². The molecule has 0 spiro atoms. The van der Waals surface area contributed by atoms with Gasteiger partial charge in [0.25, 0.3) is 0 Å². The fourth-order valence-corrected chi connectivity index (χ4v) is 4.62. The molecule has 0 aliphatic heterocycles. The maximum atomic E-state index is 5.97. The van der Waals surface area contributed by atoms with Crippen LogP contribution in [0.3, 0.4) is 0 Å². The smallest absolute Gasteiger partial charge is 0.0709 e. The molecule has 0 aromatic rings. The van der Waals surface area contributed by atoms with Crippen molar-refractivity contribution in [3.63, 3.8) is 0 Å². The normalized spacial score (nSPS) is 47.1. The van der Waals surface area contributed by atoms with Gasteiger partial charge in [0.05, 0.1) is 0 Å². The molecule has 4 rings (SSSR count). The summed E-state index contributed by atoms with van der Waals surface area (Å²) < 4.78 is 0.591. The Morgan fingerprint density at radius 1 is 0.846 bits per heavy atom. The fraction of sp³-hybridized carbons (Fsp3) is 0.818. The topological polar surface area (TPSA) is 0 Å². The van der Waals surface area contributed by atoms with Gasteiger partial charge in [0.15, 0.2) is 0 Å². The first-order valence-corrected chi connectivity index (χ1v) is 6.04. The molecule has 0 aromatic heterocycles. The highest BCUT2D eigenvalue weighted by Crippen LogP contribution is 2.57. The van der Waals surface area contributed by atoms with Crippen molar-refractivity contribution in [3.8, 4) is 0 Å². The highest BCUT2D eigenvalue weighted by Gasteiger charge is 2.45. The molecule has 0 nitrogen and oxygen atoms in total. The standard InChI is InChI=1S/C11H14Cl2/c12-11(13)10-8-2-6-1-7(4-8)5-9(10)3-6/h6-9H,1-5H2. The summed E-state index contributed by atoms with van der Waals surface area (Å²) in [5.41, 5.74) is 1.41. The Labute approximate surface area is 89.3 Å². The lowest BCUT2D eigenvalue weighted by Crippen LogP contribution is -2.40. The Kier molecular flexibility index (Phi) is 1.92. The summed E-state index contributed by atoms with van der Waals surface area (Å²) in [5.74, 6) is 3.50. The van der Waals surface area contributed by atoms with Gasteiger partial charge in [0.1, 0.15) is 4.49 Å². The molecule has 0 saturated heterocycles. The molecule has 4 aliphatic rings. The van der Waals surface area contributed by atoms with Crippen LogP contribution in [-0.2, 0) is 0 Å². The molecule has 0 N–H and O–H groups in total. The lowest BCUT2D eigenvalue weighted by atomic mass is 9.54. The van der Waals surface area contributed by atoms with E-state index in [-0.39, 0.29) is 0 Å². The van der Waals surface area contributed by atoms with Gasteiger partial charge < -0.3 is 0 Å². The molecule has 4 aliphatic carbocycles. The largest absolute Gasteiger partial charge is 0.106 e. The predicted octanol–water partition coefficient (Wildman–Crippen LogP) is 4.13. The summed E-state index contributed by atoms with van der Waals surface area (Å²) in [6, 6.07) is 0. The van der Waals surface area contributed by atoms with Crippen LogP contribution in [0.1, 0.15) is 32.1 Å². The van der Waals surface area contributed by atoms with Gasteiger partial charge in [-0.1, -0.05) is 23.2 Å². The average molecular weight is 217 g/mol. The maximum absolute atomic E-state index is 5.97. The van der Waals surface area contributed by atoms with E-state index in [2.05, 4.69) is 0 Å². The minimum Gasteiger partial charge on any atom is -0.0709 e. The molecule has 4 bridgehead atoms. The van der Waals surface area contributed by atoms with Crippen molar-refractivity contribution in [2.24, 2.45) is 23.7 Å². The Hall–Kier alpha value is 0.320. The molecule has 0 atom stereocenters. The number of hydrogen-bond acceptors (Lipinski definition) is 0. The Balaban J connectivity index is 1.98. The van der Waals surface area contributed by atoms with E-state index >= 15 is 0 Å². The first-order valence-electron chi connectivity index (χ1n) is 5.29. The van der Waals surface area contributed by atoms with Crippen LogP contribution in [0.5, 0.6) is 0 Å². The number of hydrogen-bond donors (Lipinski definition) is 0. The first kappa shape index (κ1) is 8.61. The number of allylic oxidation sites excluding steroid dienone is 1. The zero-order valence-electron chi connectivity index (χ0n) is 7.60. The molecule has 72 valence electrons. The van der Waals surface area contributed by atoms with E-state index in [1.54, 1.807) is 0 Å². The maximum Gasteiger partial charge on any atom is 0.106 e. The molecular formula is C11H14Cl2. The van der Waals surface area contributed by atoms with E-state index in [0.29, 0.717) is 4.49 Å². The molecule has 0 amide bonds. The van der Waals surface area contributed by atoms with Crippen LogP contribution in [0, 0.1) is 23.7 Å². The van der Waals surface area contributed by atoms with Crippen LogP contribution < -0.4 is 0 Å². The van der Waals surface area contributed by atoms with E-state index in [0.717, 1.165) is 23.7 Å². The van der Waals surface area contributed by atoms with Gasteiger partial charge >= 0.3 is 0 Å². The molecule has 4 fully saturated rings. The van der Waals surface area contributed by atoms with Gasteiger partial charge in [-0.15, -0.1) is 0 Å². The summed E-state index contributed by atoms with van der Waals surface area (Å²) in [5, 5.41) is 0. The minimum absolute atomic E-state index is 0.591. The average Bonchev–Trinajstić information content (AvgIpc) is 2.00. The van der Waals surface area contributed by atoms with E-state index in [9.17, 15) is 0 Å². The number of halogens is 2. The number of rotatable bonds is 0. The van der Waals surface area contributed by atoms with Crippen LogP contribution in [0.4, 0.5) is 0 Å². The second-order valence-corrected chi connectivity index (χ2v) is 5.97. The van der Waals surface area contributed by atoms with Crippen molar-refractivity contribution < 1.29 is 0 Å². The molecule has 0 radical (unpaired) electrons.